The molecule has 0 aliphatic rings. The van der Waals surface area contributed by atoms with Gasteiger partial charge in [-0.1, -0.05) is 12.1 Å². The van der Waals surface area contributed by atoms with E-state index in [0.717, 1.165) is 6.08 Å². The van der Waals surface area contributed by atoms with Gasteiger partial charge in [0.05, 0.1) is 6.21 Å². The molecule has 2 amide bonds. The second-order valence-corrected chi connectivity index (χ2v) is 4.87. The maximum Gasteiger partial charge on any atom is 0.271 e. The molecule has 0 aromatic heterocycles. The zero-order valence-electron chi connectivity index (χ0n) is 12.9. The van der Waals surface area contributed by atoms with Gasteiger partial charge in [0.1, 0.15) is 11.5 Å². The van der Waals surface area contributed by atoms with Gasteiger partial charge in [-0.25, -0.2) is 10.9 Å². The van der Waals surface area contributed by atoms with Crippen LogP contribution >= 0.6 is 0 Å². The number of rotatable bonds is 5. The van der Waals surface area contributed by atoms with Gasteiger partial charge < -0.3 is 10.2 Å². The number of aromatic hydroxyl groups is 2. The third kappa shape index (κ3) is 5.19. The Hall–Kier alpha value is -3.65. The second kappa shape index (κ2) is 8.27. The van der Waals surface area contributed by atoms with E-state index in [2.05, 4.69) is 10.5 Å². The average Bonchev–Trinajstić information content (AvgIpc) is 2.62. The molecule has 5 N–H and O–H groups in total. The van der Waals surface area contributed by atoms with Crippen LogP contribution < -0.4 is 10.9 Å². The summed E-state index contributed by atoms with van der Waals surface area (Å²) in [5.41, 5.74) is 5.01. The minimum absolute atomic E-state index is 0.0379. The van der Waals surface area contributed by atoms with E-state index < -0.39 is 11.8 Å². The fourth-order valence-electron chi connectivity index (χ4n) is 1.83. The van der Waals surface area contributed by atoms with Gasteiger partial charge >= 0.3 is 0 Å². The lowest BCUT2D eigenvalue weighted by molar-refractivity contribution is -0.124. The van der Waals surface area contributed by atoms with Crippen LogP contribution in [0.15, 0.2) is 53.6 Å². The Kier molecular flexibility index (Phi) is 5.86. The Morgan fingerprint density at radius 2 is 1.76 bits per heavy atom. The van der Waals surface area contributed by atoms with E-state index in [-0.39, 0.29) is 17.1 Å². The number of phenolic OH excluding ortho intramolecular Hbond substituents is 2. The molecule has 2 aromatic carbocycles. The Labute approximate surface area is 142 Å². The molecule has 8 heteroatoms. The standard InChI is InChI=1S/C17H15N3O5/c21-14-6-7-15(22)13(9-14)10-18-19-17(24)12-4-1-11(2-5-12)3-8-16(23)20-25/h1-10,21-22,25H,(H,19,24)(H,20,23). The summed E-state index contributed by atoms with van der Waals surface area (Å²) in [6.45, 7) is 0. The van der Waals surface area contributed by atoms with Crippen molar-refractivity contribution in [2.24, 2.45) is 5.10 Å². The number of hydrazone groups is 1. The number of carbonyl (C=O) groups excluding carboxylic acids is 2. The van der Waals surface area contributed by atoms with E-state index in [9.17, 15) is 19.8 Å². The molecular weight excluding hydrogens is 326 g/mol. The number of carbonyl (C=O) groups is 2. The fraction of sp³-hybridized carbons (Fsp3) is 0. The molecule has 0 aliphatic heterocycles. The summed E-state index contributed by atoms with van der Waals surface area (Å²) >= 11 is 0. The summed E-state index contributed by atoms with van der Waals surface area (Å²) in [6, 6.07) is 10.2. The molecule has 2 rings (SSSR count). The van der Waals surface area contributed by atoms with Crippen LogP contribution in [0.2, 0.25) is 0 Å². The lowest BCUT2D eigenvalue weighted by Gasteiger charge is -2.02. The molecule has 0 spiro atoms. The Balaban J connectivity index is 1.99. The highest BCUT2D eigenvalue weighted by molar-refractivity contribution is 5.95. The van der Waals surface area contributed by atoms with Crippen LogP contribution in [0.3, 0.4) is 0 Å². The molecule has 0 bridgehead atoms. The van der Waals surface area contributed by atoms with E-state index in [1.54, 1.807) is 12.1 Å². The number of benzene rings is 2. The molecule has 0 atom stereocenters. The zero-order valence-corrected chi connectivity index (χ0v) is 12.9. The monoisotopic (exact) mass is 341 g/mol. The van der Waals surface area contributed by atoms with Crippen molar-refractivity contribution >= 4 is 24.1 Å². The zero-order chi connectivity index (χ0) is 18.2. The summed E-state index contributed by atoms with van der Waals surface area (Å²) < 4.78 is 0. The summed E-state index contributed by atoms with van der Waals surface area (Å²) in [5, 5.41) is 31.0. The van der Waals surface area contributed by atoms with E-state index in [0.29, 0.717) is 11.1 Å². The van der Waals surface area contributed by atoms with Gasteiger partial charge in [-0.2, -0.15) is 5.10 Å². The number of hydroxylamine groups is 1. The molecule has 0 heterocycles. The molecule has 0 aliphatic carbocycles. The molecular formula is C17H15N3O5. The number of hydrogen-bond donors (Lipinski definition) is 5. The Bertz CT molecular complexity index is 829. The first-order valence-electron chi connectivity index (χ1n) is 7.07. The first kappa shape index (κ1) is 17.7. The van der Waals surface area contributed by atoms with Crippen molar-refractivity contribution in [3.63, 3.8) is 0 Å². The minimum atomic E-state index is -0.661. The van der Waals surface area contributed by atoms with Gasteiger partial charge in [-0.05, 0) is 42.0 Å². The quantitative estimate of drug-likeness (QED) is 0.184. The molecule has 0 saturated carbocycles. The highest BCUT2D eigenvalue weighted by atomic mass is 16.5. The second-order valence-electron chi connectivity index (χ2n) is 4.87. The van der Waals surface area contributed by atoms with Crippen molar-refractivity contribution in [3.8, 4) is 11.5 Å². The molecule has 0 fully saturated rings. The van der Waals surface area contributed by atoms with E-state index >= 15 is 0 Å². The lowest BCUT2D eigenvalue weighted by Crippen LogP contribution is -2.17. The Morgan fingerprint density at radius 1 is 1.04 bits per heavy atom. The van der Waals surface area contributed by atoms with Crippen LogP contribution in [0.1, 0.15) is 21.5 Å². The number of nitrogens with zero attached hydrogens (tertiary/aromatic N) is 1. The van der Waals surface area contributed by atoms with Crippen molar-refractivity contribution in [1.82, 2.24) is 10.9 Å². The molecule has 0 saturated heterocycles. The molecule has 2 aromatic rings. The van der Waals surface area contributed by atoms with Gasteiger partial charge in [-0.3, -0.25) is 14.8 Å². The number of amides is 2. The fourth-order valence-corrected chi connectivity index (χ4v) is 1.83. The largest absolute Gasteiger partial charge is 0.508 e. The molecule has 0 radical (unpaired) electrons. The maximum absolute atomic E-state index is 12.0. The Morgan fingerprint density at radius 3 is 2.44 bits per heavy atom. The molecule has 128 valence electrons. The SMILES string of the molecule is O=C(C=Cc1ccc(C(=O)NN=Cc2cc(O)ccc2O)cc1)NO. The third-order valence-electron chi connectivity index (χ3n) is 3.09. The van der Waals surface area contributed by atoms with Crippen molar-refractivity contribution < 1.29 is 25.0 Å². The summed E-state index contributed by atoms with van der Waals surface area (Å²) in [5.74, 6) is -1.26. The van der Waals surface area contributed by atoms with Gasteiger partial charge in [0.25, 0.3) is 11.8 Å². The van der Waals surface area contributed by atoms with Crippen LogP contribution in [-0.2, 0) is 4.79 Å². The first-order chi connectivity index (χ1) is 12.0. The van der Waals surface area contributed by atoms with Crippen LogP contribution in [-0.4, -0.2) is 33.4 Å². The van der Waals surface area contributed by atoms with Crippen LogP contribution in [0.4, 0.5) is 0 Å². The highest BCUT2D eigenvalue weighted by Gasteiger charge is 2.04. The maximum atomic E-state index is 12.0. The predicted octanol–water partition coefficient (Wildman–Crippen LogP) is 1.38. The van der Waals surface area contributed by atoms with E-state index in [1.165, 1.54) is 48.1 Å². The molecule has 8 nitrogen and oxygen atoms in total. The summed E-state index contributed by atoms with van der Waals surface area (Å²) in [7, 11) is 0. The van der Waals surface area contributed by atoms with Gasteiger partial charge in [-0.15, -0.1) is 0 Å². The average molecular weight is 341 g/mol. The third-order valence-corrected chi connectivity index (χ3v) is 3.09. The number of hydrogen-bond acceptors (Lipinski definition) is 6. The smallest absolute Gasteiger partial charge is 0.271 e. The number of nitrogens with one attached hydrogen (secondary N) is 2. The van der Waals surface area contributed by atoms with E-state index in [4.69, 9.17) is 5.21 Å². The summed E-state index contributed by atoms with van der Waals surface area (Å²) in [4.78, 5) is 22.8. The first-order valence-corrected chi connectivity index (χ1v) is 7.07. The van der Waals surface area contributed by atoms with Gasteiger partial charge in [0.15, 0.2) is 0 Å². The minimum Gasteiger partial charge on any atom is -0.508 e. The molecule has 25 heavy (non-hydrogen) atoms. The summed E-state index contributed by atoms with van der Waals surface area (Å²) in [6.07, 6.45) is 3.81. The van der Waals surface area contributed by atoms with Crippen LogP contribution in [0, 0.1) is 0 Å². The van der Waals surface area contributed by atoms with Crippen molar-refractivity contribution in [1.29, 1.82) is 0 Å². The van der Waals surface area contributed by atoms with Gasteiger partial charge in [0, 0.05) is 17.2 Å². The normalized spacial score (nSPS) is 10.9. The predicted molar refractivity (Wildman–Crippen MR) is 90.2 cm³/mol. The number of phenols is 2. The molecule has 0 unspecified atom stereocenters. The van der Waals surface area contributed by atoms with Crippen molar-refractivity contribution in [3.05, 3.63) is 65.2 Å². The van der Waals surface area contributed by atoms with E-state index in [1.807, 2.05) is 0 Å². The van der Waals surface area contributed by atoms with Crippen molar-refractivity contribution in [2.75, 3.05) is 0 Å². The van der Waals surface area contributed by atoms with Crippen LogP contribution in [0.5, 0.6) is 11.5 Å². The lowest BCUT2D eigenvalue weighted by atomic mass is 10.1. The highest BCUT2D eigenvalue weighted by Crippen LogP contribution is 2.19. The topological polar surface area (TPSA) is 131 Å². The van der Waals surface area contributed by atoms with Crippen LogP contribution in [0.25, 0.3) is 6.08 Å². The van der Waals surface area contributed by atoms with Gasteiger partial charge in [0.2, 0.25) is 0 Å². The van der Waals surface area contributed by atoms with Crippen molar-refractivity contribution in [2.45, 2.75) is 0 Å².